The van der Waals surface area contributed by atoms with Crippen molar-refractivity contribution in [1.29, 1.82) is 0 Å². The molecule has 1 aliphatic carbocycles. The van der Waals surface area contributed by atoms with Crippen LogP contribution in [0, 0.1) is 0 Å². The summed E-state index contributed by atoms with van der Waals surface area (Å²) < 4.78 is 5.64. The van der Waals surface area contributed by atoms with E-state index >= 15 is 0 Å². The van der Waals surface area contributed by atoms with E-state index in [-0.39, 0.29) is 11.9 Å². The van der Waals surface area contributed by atoms with Crippen molar-refractivity contribution in [1.82, 2.24) is 15.1 Å². The molecule has 1 amide bonds. The molecule has 0 spiro atoms. The van der Waals surface area contributed by atoms with Gasteiger partial charge in [-0.1, -0.05) is 6.92 Å². The molecule has 0 saturated carbocycles. The standard InChI is InChI=1S/C17H21N3O3S/c1-2-15-18-19-16(23-15)12-8-11(21)9-20(12)17(22)14-7-10-5-3-4-6-13(10)24-14/h7,11-12,21H,2-6,8-9H2,1H3/t11-,12-/m1/s1. The van der Waals surface area contributed by atoms with Gasteiger partial charge in [-0.25, -0.2) is 0 Å². The highest BCUT2D eigenvalue weighted by Crippen LogP contribution is 2.36. The second-order valence-electron chi connectivity index (χ2n) is 6.52. The third-order valence-electron chi connectivity index (χ3n) is 4.82. The zero-order valence-electron chi connectivity index (χ0n) is 13.7. The highest BCUT2D eigenvalue weighted by molar-refractivity contribution is 7.14. The topological polar surface area (TPSA) is 79.5 Å². The number of carbonyl (C=O) groups excluding carboxylic acids is 1. The van der Waals surface area contributed by atoms with Crippen LogP contribution >= 0.6 is 11.3 Å². The first-order valence-electron chi connectivity index (χ1n) is 8.58. The molecule has 2 aromatic rings. The van der Waals surface area contributed by atoms with Gasteiger partial charge in [0.05, 0.1) is 11.0 Å². The first kappa shape index (κ1) is 15.8. The fourth-order valence-corrected chi connectivity index (χ4v) is 4.76. The van der Waals surface area contributed by atoms with E-state index < -0.39 is 6.10 Å². The summed E-state index contributed by atoms with van der Waals surface area (Å²) in [6.45, 7) is 2.26. The number of amides is 1. The van der Waals surface area contributed by atoms with Gasteiger partial charge in [-0.05, 0) is 37.3 Å². The smallest absolute Gasteiger partial charge is 0.264 e. The van der Waals surface area contributed by atoms with Crippen LogP contribution in [0.5, 0.6) is 0 Å². The van der Waals surface area contributed by atoms with Crippen molar-refractivity contribution >= 4 is 17.2 Å². The van der Waals surface area contributed by atoms with E-state index in [1.165, 1.54) is 23.3 Å². The molecule has 128 valence electrons. The summed E-state index contributed by atoms with van der Waals surface area (Å²) in [5.41, 5.74) is 1.32. The number of carbonyl (C=O) groups is 1. The van der Waals surface area contributed by atoms with E-state index in [1.807, 2.05) is 13.0 Å². The number of hydrogen-bond acceptors (Lipinski definition) is 6. The summed E-state index contributed by atoms with van der Waals surface area (Å²) in [6, 6.07) is 1.70. The fourth-order valence-electron chi connectivity index (χ4n) is 3.55. The summed E-state index contributed by atoms with van der Waals surface area (Å²) in [5, 5.41) is 18.1. The monoisotopic (exact) mass is 347 g/mol. The molecule has 4 rings (SSSR count). The number of rotatable bonds is 3. The lowest BCUT2D eigenvalue weighted by Crippen LogP contribution is -2.31. The second-order valence-corrected chi connectivity index (χ2v) is 7.65. The Kier molecular flexibility index (Phi) is 4.14. The Bertz CT molecular complexity index is 731. The minimum atomic E-state index is -0.550. The van der Waals surface area contributed by atoms with Gasteiger partial charge in [0, 0.05) is 24.3 Å². The summed E-state index contributed by atoms with van der Waals surface area (Å²) in [6.07, 6.45) is 5.09. The zero-order valence-corrected chi connectivity index (χ0v) is 14.5. The summed E-state index contributed by atoms with van der Waals surface area (Å²) in [5.74, 6) is 0.954. The lowest BCUT2D eigenvalue weighted by molar-refractivity contribution is 0.0702. The number of aliphatic hydroxyl groups excluding tert-OH is 1. The van der Waals surface area contributed by atoms with E-state index in [2.05, 4.69) is 10.2 Å². The van der Waals surface area contributed by atoms with Gasteiger partial charge in [-0.2, -0.15) is 0 Å². The lowest BCUT2D eigenvalue weighted by Gasteiger charge is -2.20. The Labute approximate surface area is 144 Å². The maximum Gasteiger partial charge on any atom is 0.264 e. The number of thiophene rings is 1. The van der Waals surface area contributed by atoms with Crippen LogP contribution in [0.2, 0.25) is 0 Å². The molecule has 0 radical (unpaired) electrons. The van der Waals surface area contributed by atoms with Gasteiger partial charge < -0.3 is 14.4 Å². The molecular formula is C17H21N3O3S. The van der Waals surface area contributed by atoms with Gasteiger partial charge in [-0.3, -0.25) is 4.79 Å². The van der Waals surface area contributed by atoms with E-state index in [1.54, 1.807) is 16.2 Å². The molecule has 24 heavy (non-hydrogen) atoms. The number of aromatic nitrogens is 2. The third-order valence-corrected chi connectivity index (χ3v) is 6.04. The van der Waals surface area contributed by atoms with Crippen LogP contribution in [0.15, 0.2) is 10.5 Å². The third kappa shape index (κ3) is 2.75. The first-order chi connectivity index (χ1) is 11.7. The molecule has 1 aliphatic heterocycles. The summed E-state index contributed by atoms with van der Waals surface area (Å²) in [4.78, 5) is 16.8. The molecule has 2 aliphatic rings. The molecular weight excluding hydrogens is 326 g/mol. The maximum atomic E-state index is 13.0. The minimum Gasteiger partial charge on any atom is -0.423 e. The van der Waals surface area contributed by atoms with Gasteiger partial charge >= 0.3 is 0 Å². The molecule has 0 unspecified atom stereocenters. The second kappa shape index (κ2) is 6.29. The minimum absolute atomic E-state index is 0.0350. The highest BCUT2D eigenvalue weighted by Gasteiger charge is 2.39. The summed E-state index contributed by atoms with van der Waals surface area (Å²) in [7, 11) is 0. The van der Waals surface area contributed by atoms with Crippen LogP contribution in [0.4, 0.5) is 0 Å². The molecule has 1 saturated heterocycles. The van der Waals surface area contributed by atoms with E-state index in [4.69, 9.17) is 4.42 Å². The number of likely N-dealkylation sites (tertiary alicyclic amines) is 1. The molecule has 0 aromatic carbocycles. The van der Waals surface area contributed by atoms with Crippen LogP contribution in [0.3, 0.4) is 0 Å². The van der Waals surface area contributed by atoms with Crippen molar-refractivity contribution in [3.63, 3.8) is 0 Å². The average Bonchev–Trinajstić information content (AvgIpc) is 3.30. The van der Waals surface area contributed by atoms with E-state index in [9.17, 15) is 9.90 Å². The number of nitrogens with zero attached hydrogens (tertiary/aromatic N) is 3. The molecule has 7 heteroatoms. The predicted octanol–water partition coefficient (Wildman–Crippen LogP) is 2.52. The molecule has 1 fully saturated rings. The van der Waals surface area contributed by atoms with Crippen LogP contribution in [-0.2, 0) is 19.3 Å². The van der Waals surface area contributed by atoms with Crippen molar-refractivity contribution in [3.8, 4) is 0 Å². The van der Waals surface area contributed by atoms with Crippen molar-refractivity contribution in [3.05, 3.63) is 33.2 Å². The summed E-state index contributed by atoms with van der Waals surface area (Å²) >= 11 is 1.60. The SMILES string of the molecule is CCc1nnc([C@H]2C[C@@H](O)CN2C(=O)c2cc3c(s2)CCCC3)o1. The number of aliphatic hydroxyl groups is 1. The van der Waals surface area contributed by atoms with Crippen LogP contribution in [0.1, 0.15) is 64.1 Å². The Morgan fingerprint density at radius 2 is 2.25 bits per heavy atom. The Morgan fingerprint density at radius 3 is 3.00 bits per heavy atom. The first-order valence-corrected chi connectivity index (χ1v) is 9.40. The predicted molar refractivity (Wildman–Crippen MR) is 89.0 cm³/mol. The fraction of sp³-hybridized carbons (Fsp3) is 0.588. The van der Waals surface area contributed by atoms with Gasteiger partial charge in [-0.15, -0.1) is 21.5 Å². The quantitative estimate of drug-likeness (QED) is 0.923. The number of aryl methyl sites for hydroxylation is 3. The Hall–Kier alpha value is -1.73. The highest BCUT2D eigenvalue weighted by atomic mass is 32.1. The van der Waals surface area contributed by atoms with Crippen LogP contribution in [-0.4, -0.2) is 38.8 Å². The van der Waals surface area contributed by atoms with Crippen molar-refractivity contribution in [2.24, 2.45) is 0 Å². The van der Waals surface area contributed by atoms with Gasteiger partial charge in [0.15, 0.2) is 0 Å². The normalized spacial score (nSPS) is 23.5. The molecule has 2 aromatic heterocycles. The number of β-amino-alcohol motifs (C(OH)–C–C–N with tert-alkyl or cyclic N) is 1. The molecule has 0 bridgehead atoms. The van der Waals surface area contributed by atoms with Gasteiger partial charge in [0.1, 0.15) is 6.04 Å². The molecule has 6 nitrogen and oxygen atoms in total. The molecule has 3 heterocycles. The number of fused-ring (bicyclic) bond motifs is 1. The van der Waals surface area contributed by atoms with Crippen molar-refractivity contribution < 1.29 is 14.3 Å². The van der Waals surface area contributed by atoms with Gasteiger partial charge in [0.2, 0.25) is 11.8 Å². The maximum absolute atomic E-state index is 13.0. The Balaban J connectivity index is 1.60. The zero-order chi connectivity index (χ0) is 16.7. The van der Waals surface area contributed by atoms with Crippen molar-refractivity contribution in [2.75, 3.05) is 6.54 Å². The molecule has 2 atom stereocenters. The van der Waals surface area contributed by atoms with E-state index in [0.717, 1.165) is 17.7 Å². The van der Waals surface area contributed by atoms with Gasteiger partial charge in [0.25, 0.3) is 5.91 Å². The van der Waals surface area contributed by atoms with Crippen molar-refractivity contribution in [2.45, 2.75) is 57.6 Å². The Morgan fingerprint density at radius 1 is 1.42 bits per heavy atom. The largest absolute Gasteiger partial charge is 0.423 e. The van der Waals surface area contributed by atoms with Crippen LogP contribution < -0.4 is 0 Å². The average molecular weight is 347 g/mol. The molecule has 1 N–H and O–H groups in total. The van der Waals surface area contributed by atoms with Crippen LogP contribution in [0.25, 0.3) is 0 Å². The number of hydrogen-bond donors (Lipinski definition) is 1. The van der Waals surface area contributed by atoms with E-state index in [0.29, 0.717) is 31.2 Å². The lowest BCUT2D eigenvalue weighted by atomic mass is 9.99.